The highest BCUT2D eigenvalue weighted by Crippen LogP contribution is 2.33. The molecule has 3 heteroatoms. The normalized spacial score (nSPS) is 30.3. The largest absolute Gasteiger partial charge is 0.362 e. The van der Waals surface area contributed by atoms with E-state index in [0.717, 1.165) is 30.3 Å². The molecule has 0 aromatic rings. The lowest BCUT2D eigenvalue weighted by molar-refractivity contribution is 0.297. The molecule has 2 rings (SSSR count). The maximum atomic E-state index is 4.85. The van der Waals surface area contributed by atoms with Crippen molar-refractivity contribution in [3.05, 3.63) is 0 Å². The van der Waals surface area contributed by atoms with E-state index in [1.54, 1.807) is 0 Å². The predicted molar refractivity (Wildman–Crippen MR) is 82.2 cm³/mol. The maximum absolute atomic E-state index is 4.85. The molecule has 1 saturated heterocycles. The molecule has 1 saturated carbocycles. The van der Waals surface area contributed by atoms with Gasteiger partial charge in [-0.15, -0.1) is 0 Å². The van der Waals surface area contributed by atoms with Crippen LogP contribution < -0.4 is 5.32 Å². The van der Waals surface area contributed by atoms with Gasteiger partial charge in [-0.1, -0.05) is 45.9 Å². The Labute approximate surface area is 116 Å². The molecule has 0 aromatic carbocycles. The Hall–Kier alpha value is -0.180. The number of rotatable bonds is 4. The second-order valence-electron chi connectivity index (χ2n) is 6.55. The van der Waals surface area contributed by atoms with E-state index in [1.165, 1.54) is 30.2 Å². The quantitative estimate of drug-likeness (QED) is 0.839. The van der Waals surface area contributed by atoms with Crippen LogP contribution in [0.1, 0.15) is 47.0 Å². The predicted octanol–water partition coefficient (Wildman–Crippen LogP) is 3.78. The third-order valence-electron chi connectivity index (χ3n) is 4.56. The van der Waals surface area contributed by atoms with E-state index in [2.05, 4.69) is 33.0 Å². The van der Waals surface area contributed by atoms with Crippen LogP contribution >= 0.6 is 11.8 Å². The third-order valence-corrected chi connectivity index (χ3v) is 5.68. The minimum Gasteiger partial charge on any atom is -0.362 e. The number of amidine groups is 1. The summed E-state index contributed by atoms with van der Waals surface area (Å²) in [5.74, 6) is 4.34. The molecule has 2 fully saturated rings. The molecule has 2 aliphatic rings. The first-order chi connectivity index (χ1) is 8.58. The van der Waals surface area contributed by atoms with Gasteiger partial charge in [0, 0.05) is 18.3 Å². The van der Waals surface area contributed by atoms with Gasteiger partial charge in [-0.25, -0.2) is 0 Å². The van der Waals surface area contributed by atoms with Crippen molar-refractivity contribution in [2.24, 2.45) is 28.7 Å². The lowest BCUT2D eigenvalue weighted by Gasteiger charge is -2.29. The van der Waals surface area contributed by atoms with Crippen LogP contribution in [0.3, 0.4) is 0 Å². The average Bonchev–Trinajstić information content (AvgIpc) is 2.75. The summed E-state index contributed by atoms with van der Waals surface area (Å²) in [6, 6.07) is 0.724. The molecule has 1 heterocycles. The molecule has 0 amide bonds. The fraction of sp³-hybridized carbons (Fsp3) is 0.933. The van der Waals surface area contributed by atoms with Crippen molar-refractivity contribution < 1.29 is 0 Å². The fourth-order valence-electron chi connectivity index (χ4n) is 3.28. The first-order valence-electron chi connectivity index (χ1n) is 7.51. The molecular formula is C15H28N2S. The summed E-state index contributed by atoms with van der Waals surface area (Å²) >= 11 is 1.94. The Morgan fingerprint density at radius 2 is 1.94 bits per heavy atom. The lowest BCUT2D eigenvalue weighted by Crippen LogP contribution is -2.41. The van der Waals surface area contributed by atoms with E-state index in [4.69, 9.17) is 4.99 Å². The zero-order valence-corrected chi connectivity index (χ0v) is 13.1. The fourth-order valence-corrected chi connectivity index (χ4v) is 4.46. The summed E-state index contributed by atoms with van der Waals surface area (Å²) in [5, 5.41) is 4.87. The molecule has 0 bridgehead atoms. The van der Waals surface area contributed by atoms with Gasteiger partial charge in [-0.2, -0.15) is 0 Å². The van der Waals surface area contributed by atoms with Crippen molar-refractivity contribution in [3.8, 4) is 0 Å². The van der Waals surface area contributed by atoms with E-state index >= 15 is 0 Å². The number of fused-ring (bicyclic) bond motifs is 1. The molecule has 0 radical (unpaired) electrons. The Balaban J connectivity index is 1.89. The topological polar surface area (TPSA) is 24.4 Å². The van der Waals surface area contributed by atoms with Crippen LogP contribution in [0.5, 0.6) is 0 Å². The standard InChI is InChI=1S/C15H28N2S/c1-10(2)13(11(3)4)8-16-15-17-14-7-5-6-12(14)9-18-15/h10-14H,5-9H2,1-4H3,(H,16,17). The molecule has 0 aromatic heterocycles. The second-order valence-corrected chi connectivity index (χ2v) is 7.56. The van der Waals surface area contributed by atoms with E-state index < -0.39 is 0 Å². The van der Waals surface area contributed by atoms with Crippen molar-refractivity contribution in [1.29, 1.82) is 0 Å². The highest BCUT2D eigenvalue weighted by atomic mass is 32.2. The highest BCUT2D eigenvalue weighted by Gasteiger charge is 2.32. The second kappa shape index (κ2) is 6.31. The number of thioether (sulfide) groups is 1. The molecule has 1 N–H and O–H groups in total. The van der Waals surface area contributed by atoms with Crippen molar-refractivity contribution in [2.75, 3.05) is 12.3 Å². The van der Waals surface area contributed by atoms with Gasteiger partial charge in [0.05, 0.1) is 0 Å². The number of aliphatic imine (C=N–C) groups is 1. The van der Waals surface area contributed by atoms with E-state index in [0.29, 0.717) is 5.92 Å². The Bertz CT molecular complexity index is 291. The molecule has 0 spiro atoms. The Kier molecular flexibility index (Phi) is 4.99. The van der Waals surface area contributed by atoms with Gasteiger partial charge in [0.15, 0.2) is 5.17 Å². The summed E-state index contributed by atoms with van der Waals surface area (Å²) in [6.07, 6.45) is 4.16. The van der Waals surface area contributed by atoms with Crippen LogP contribution in [0.4, 0.5) is 0 Å². The van der Waals surface area contributed by atoms with Gasteiger partial charge in [-0.05, 0) is 36.5 Å². The summed E-state index contributed by atoms with van der Waals surface area (Å²) in [4.78, 5) is 4.85. The summed E-state index contributed by atoms with van der Waals surface area (Å²) in [7, 11) is 0. The van der Waals surface area contributed by atoms with Crippen LogP contribution in [0.2, 0.25) is 0 Å². The Morgan fingerprint density at radius 3 is 2.61 bits per heavy atom. The number of nitrogens with one attached hydrogen (secondary N) is 1. The zero-order chi connectivity index (χ0) is 13.1. The molecule has 1 aliphatic heterocycles. The first-order valence-corrected chi connectivity index (χ1v) is 8.50. The van der Waals surface area contributed by atoms with Crippen molar-refractivity contribution in [1.82, 2.24) is 5.32 Å². The van der Waals surface area contributed by atoms with Crippen LogP contribution in [-0.2, 0) is 0 Å². The molecule has 2 atom stereocenters. The van der Waals surface area contributed by atoms with Crippen molar-refractivity contribution in [2.45, 2.75) is 53.0 Å². The van der Waals surface area contributed by atoms with E-state index in [9.17, 15) is 0 Å². The van der Waals surface area contributed by atoms with Crippen molar-refractivity contribution in [3.63, 3.8) is 0 Å². The molecule has 2 unspecified atom stereocenters. The number of hydrogen-bond acceptors (Lipinski definition) is 2. The van der Waals surface area contributed by atoms with E-state index in [-0.39, 0.29) is 0 Å². The molecule has 2 nitrogen and oxygen atoms in total. The van der Waals surface area contributed by atoms with Gasteiger partial charge in [0.25, 0.3) is 0 Å². The minimum atomic E-state index is 0.709. The minimum absolute atomic E-state index is 0.709. The van der Waals surface area contributed by atoms with Gasteiger partial charge in [0.1, 0.15) is 0 Å². The van der Waals surface area contributed by atoms with E-state index in [1.807, 2.05) is 11.8 Å². The highest BCUT2D eigenvalue weighted by molar-refractivity contribution is 8.13. The van der Waals surface area contributed by atoms with Crippen LogP contribution in [0, 0.1) is 23.7 Å². The molecule has 104 valence electrons. The van der Waals surface area contributed by atoms with Gasteiger partial charge in [-0.3, -0.25) is 4.99 Å². The SMILES string of the molecule is CC(C)C(CN=C1NC2CCCC2CS1)C(C)C. The number of nitrogens with zero attached hydrogens (tertiary/aromatic N) is 1. The molecular weight excluding hydrogens is 240 g/mol. The summed E-state index contributed by atoms with van der Waals surface area (Å²) in [5.41, 5.74) is 0. The zero-order valence-electron chi connectivity index (χ0n) is 12.3. The monoisotopic (exact) mass is 268 g/mol. The van der Waals surface area contributed by atoms with Gasteiger partial charge in [0.2, 0.25) is 0 Å². The summed E-state index contributed by atoms with van der Waals surface area (Å²) in [6.45, 7) is 10.3. The third kappa shape index (κ3) is 3.43. The van der Waals surface area contributed by atoms with Crippen molar-refractivity contribution >= 4 is 16.9 Å². The number of hydrogen-bond donors (Lipinski definition) is 1. The Morgan fingerprint density at radius 1 is 1.22 bits per heavy atom. The first kappa shape index (κ1) is 14.2. The maximum Gasteiger partial charge on any atom is 0.156 e. The average molecular weight is 268 g/mol. The molecule has 18 heavy (non-hydrogen) atoms. The van der Waals surface area contributed by atoms with Gasteiger partial charge >= 0.3 is 0 Å². The van der Waals surface area contributed by atoms with Crippen LogP contribution in [0.15, 0.2) is 4.99 Å². The van der Waals surface area contributed by atoms with Crippen LogP contribution in [-0.4, -0.2) is 23.5 Å². The smallest absolute Gasteiger partial charge is 0.156 e. The van der Waals surface area contributed by atoms with Crippen LogP contribution in [0.25, 0.3) is 0 Å². The molecule has 1 aliphatic carbocycles. The lowest BCUT2D eigenvalue weighted by atomic mass is 9.86. The summed E-state index contributed by atoms with van der Waals surface area (Å²) < 4.78 is 0. The van der Waals surface area contributed by atoms with Gasteiger partial charge < -0.3 is 5.32 Å².